The van der Waals surface area contributed by atoms with E-state index in [1.54, 1.807) is 7.11 Å². The summed E-state index contributed by atoms with van der Waals surface area (Å²) in [6, 6.07) is 17.2. The molecule has 0 heterocycles. The first-order valence-electron chi connectivity index (χ1n) is 9.81. The number of rotatable bonds is 8. The summed E-state index contributed by atoms with van der Waals surface area (Å²) in [5, 5.41) is 0. The summed E-state index contributed by atoms with van der Waals surface area (Å²) in [6.07, 6.45) is 4.73. The maximum absolute atomic E-state index is 6.13. The second kappa shape index (κ2) is 9.09. The second-order valence-electron chi connectivity index (χ2n) is 7.23. The van der Waals surface area contributed by atoms with Crippen molar-refractivity contribution in [3.63, 3.8) is 0 Å². The number of ether oxygens (including phenoxy) is 2. The number of methoxy groups -OCH3 is 1. The van der Waals surface area contributed by atoms with Gasteiger partial charge in [-0.15, -0.1) is 0 Å². The summed E-state index contributed by atoms with van der Waals surface area (Å²) in [6.45, 7) is 6.52. The minimum Gasteiger partial charge on any atom is -0.496 e. The van der Waals surface area contributed by atoms with Crippen LogP contribution in [0.25, 0.3) is 0 Å². The maximum atomic E-state index is 6.13. The Kier molecular flexibility index (Phi) is 6.56. The molecule has 140 valence electrons. The molecule has 2 aromatic carbocycles. The normalized spacial score (nSPS) is 17.6. The van der Waals surface area contributed by atoms with Gasteiger partial charge in [0.1, 0.15) is 17.6 Å². The Hall–Kier alpha value is -2.00. The topological polar surface area (TPSA) is 21.7 Å². The van der Waals surface area contributed by atoms with E-state index in [0.717, 1.165) is 37.4 Å². The van der Waals surface area contributed by atoms with Gasteiger partial charge in [-0.1, -0.05) is 37.3 Å². The fourth-order valence-corrected chi connectivity index (χ4v) is 4.06. The van der Waals surface area contributed by atoms with Crippen molar-refractivity contribution in [1.82, 2.24) is 4.90 Å². The molecular formula is C23H31NO2. The summed E-state index contributed by atoms with van der Waals surface area (Å²) in [5.74, 6) is 2.00. The molecular weight excluding hydrogens is 322 g/mol. The Morgan fingerprint density at radius 2 is 1.92 bits per heavy atom. The van der Waals surface area contributed by atoms with Crippen LogP contribution in [0.15, 0.2) is 48.5 Å². The van der Waals surface area contributed by atoms with Crippen LogP contribution in [0.3, 0.4) is 0 Å². The lowest BCUT2D eigenvalue weighted by molar-refractivity contribution is 0.105. The Balaban J connectivity index is 1.66. The van der Waals surface area contributed by atoms with Crippen molar-refractivity contribution in [3.05, 3.63) is 59.7 Å². The van der Waals surface area contributed by atoms with Crippen LogP contribution in [0.2, 0.25) is 0 Å². The third kappa shape index (κ3) is 4.59. The van der Waals surface area contributed by atoms with E-state index in [2.05, 4.69) is 36.9 Å². The van der Waals surface area contributed by atoms with Crippen LogP contribution < -0.4 is 9.47 Å². The SMILES string of the molecule is CCCN(CC(C)Oc1ccccc1)C1CCc2c(cccc2OC)C1. The number of benzene rings is 2. The molecule has 0 bridgehead atoms. The molecule has 0 fully saturated rings. The van der Waals surface area contributed by atoms with Gasteiger partial charge in [-0.05, 0) is 68.5 Å². The van der Waals surface area contributed by atoms with Crippen molar-refractivity contribution < 1.29 is 9.47 Å². The minimum atomic E-state index is 0.177. The van der Waals surface area contributed by atoms with Gasteiger partial charge in [0.15, 0.2) is 0 Å². The first kappa shape index (κ1) is 18.8. The molecule has 0 N–H and O–H groups in total. The zero-order chi connectivity index (χ0) is 18.4. The first-order valence-corrected chi connectivity index (χ1v) is 9.81. The van der Waals surface area contributed by atoms with Crippen molar-refractivity contribution in [2.75, 3.05) is 20.2 Å². The smallest absolute Gasteiger partial charge is 0.122 e. The van der Waals surface area contributed by atoms with Gasteiger partial charge >= 0.3 is 0 Å². The van der Waals surface area contributed by atoms with Crippen LogP contribution in [0.4, 0.5) is 0 Å². The third-order valence-electron chi connectivity index (χ3n) is 5.23. The second-order valence-corrected chi connectivity index (χ2v) is 7.23. The first-order chi connectivity index (χ1) is 12.7. The Labute approximate surface area is 157 Å². The van der Waals surface area contributed by atoms with E-state index in [-0.39, 0.29) is 6.10 Å². The highest BCUT2D eigenvalue weighted by atomic mass is 16.5. The minimum absolute atomic E-state index is 0.177. The molecule has 2 atom stereocenters. The van der Waals surface area contributed by atoms with E-state index < -0.39 is 0 Å². The predicted molar refractivity (Wildman–Crippen MR) is 107 cm³/mol. The van der Waals surface area contributed by atoms with Crippen molar-refractivity contribution in [1.29, 1.82) is 0 Å². The molecule has 2 unspecified atom stereocenters. The van der Waals surface area contributed by atoms with E-state index in [1.807, 2.05) is 30.3 Å². The number of hydrogen-bond acceptors (Lipinski definition) is 3. The van der Waals surface area contributed by atoms with Crippen LogP contribution in [0, 0.1) is 0 Å². The lowest BCUT2D eigenvalue weighted by Gasteiger charge is -2.37. The summed E-state index contributed by atoms with van der Waals surface area (Å²) >= 11 is 0. The van der Waals surface area contributed by atoms with Gasteiger partial charge in [0.2, 0.25) is 0 Å². The monoisotopic (exact) mass is 353 g/mol. The molecule has 0 spiro atoms. The molecule has 2 aromatic rings. The Morgan fingerprint density at radius 3 is 2.65 bits per heavy atom. The standard InChI is InChI=1S/C23H31NO2/c1-4-15-24(17-18(2)26-21-10-6-5-7-11-21)20-13-14-22-19(16-20)9-8-12-23(22)25-3/h5-12,18,20H,4,13-17H2,1-3H3. The van der Waals surface area contributed by atoms with Crippen LogP contribution in [0.1, 0.15) is 37.8 Å². The highest BCUT2D eigenvalue weighted by Gasteiger charge is 2.26. The summed E-state index contributed by atoms with van der Waals surface area (Å²) in [4.78, 5) is 2.62. The summed E-state index contributed by atoms with van der Waals surface area (Å²) in [7, 11) is 1.77. The van der Waals surface area contributed by atoms with Gasteiger partial charge in [-0.25, -0.2) is 0 Å². The molecule has 0 saturated heterocycles. The Morgan fingerprint density at radius 1 is 1.12 bits per heavy atom. The molecule has 0 amide bonds. The predicted octanol–water partition coefficient (Wildman–Crippen LogP) is 4.73. The van der Waals surface area contributed by atoms with Gasteiger partial charge in [0.05, 0.1) is 7.11 Å². The molecule has 0 saturated carbocycles. The van der Waals surface area contributed by atoms with E-state index >= 15 is 0 Å². The third-order valence-corrected chi connectivity index (χ3v) is 5.23. The molecule has 3 heteroatoms. The van der Waals surface area contributed by atoms with Gasteiger partial charge in [0, 0.05) is 12.6 Å². The van der Waals surface area contributed by atoms with E-state index in [4.69, 9.17) is 9.47 Å². The van der Waals surface area contributed by atoms with Gasteiger partial charge in [-0.2, -0.15) is 0 Å². The quantitative estimate of drug-likeness (QED) is 0.685. The molecule has 3 rings (SSSR count). The molecule has 1 aliphatic carbocycles. The van der Waals surface area contributed by atoms with Crippen molar-refractivity contribution in [2.45, 2.75) is 51.7 Å². The van der Waals surface area contributed by atoms with Crippen molar-refractivity contribution in [3.8, 4) is 11.5 Å². The van der Waals surface area contributed by atoms with Gasteiger partial charge in [0.25, 0.3) is 0 Å². The van der Waals surface area contributed by atoms with Gasteiger partial charge < -0.3 is 9.47 Å². The average molecular weight is 354 g/mol. The summed E-state index contributed by atoms with van der Waals surface area (Å²) in [5.41, 5.74) is 2.84. The molecule has 0 radical (unpaired) electrons. The number of fused-ring (bicyclic) bond motifs is 1. The largest absolute Gasteiger partial charge is 0.496 e. The van der Waals surface area contributed by atoms with Crippen LogP contribution in [0.5, 0.6) is 11.5 Å². The lowest BCUT2D eigenvalue weighted by Crippen LogP contribution is -2.44. The van der Waals surface area contributed by atoms with Crippen LogP contribution >= 0.6 is 0 Å². The molecule has 0 aliphatic heterocycles. The summed E-state index contributed by atoms with van der Waals surface area (Å²) < 4.78 is 11.7. The maximum Gasteiger partial charge on any atom is 0.122 e. The zero-order valence-electron chi connectivity index (χ0n) is 16.3. The average Bonchev–Trinajstić information content (AvgIpc) is 2.67. The van der Waals surface area contributed by atoms with E-state index in [9.17, 15) is 0 Å². The van der Waals surface area contributed by atoms with Crippen LogP contribution in [-0.2, 0) is 12.8 Å². The highest BCUT2D eigenvalue weighted by Crippen LogP contribution is 2.31. The number of para-hydroxylation sites is 1. The Bertz CT molecular complexity index is 686. The van der Waals surface area contributed by atoms with E-state index in [0.29, 0.717) is 6.04 Å². The zero-order valence-corrected chi connectivity index (χ0v) is 16.3. The van der Waals surface area contributed by atoms with Gasteiger partial charge in [-0.3, -0.25) is 4.90 Å². The molecule has 26 heavy (non-hydrogen) atoms. The fourth-order valence-electron chi connectivity index (χ4n) is 4.06. The number of nitrogens with zero attached hydrogens (tertiary/aromatic N) is 1. The van der Waals surface area contributed by atoms with E-state index in [1.165, 1.54) is 24.0 Å². The molecule has 1 aliphatic rings. The molecule has 0 aromatic heterocycles. The molecule has 3 nitrogen and oxygen atoms in total. The van der Waals surface area contributed by atoms with Crippen molar-refractivity contribution >= 4 is 0 Å². The van der Waals surface area contributed by atoms with Crippen molar-refractivity contribution in [2.24, 2.45) is 0 Å². The fraction of sp³-hybridized carbons (Fsp3) is 0.478. The number of hydrogen-bond donors (Lipinski definition) is 0. The highest BCUT2D eigenvalue weighted by molar-refractivity contribution is 5.42. The lowest BCUT2D eigenvalue weighted by atomic mass is 9.86. The van der Waals surface area contributed by atoms with Crippen LogP contribution in [-0.4, -0.2) is 37.2 Å².